The fraction of sp³-hybridized carbons (Fsp3) is 1.00. The number of hydrogen-bond acceptors (Lipinski definition) is 5. The Labute approximate surface area is 118 Å². The van der Waals surface area contributed by atoms with E-state index in [1.54, 1.807) is 0 Å². The van der Waals surface area contributed by atoms with Crippen molar-refractivity contribution in [1.82, 2.24) is 9.80 Å². The Morgan fingerprint density at radius 2 is 1.95 bits per heavy atom. The molecule has 1 unspecified atom stereocenters. The van der Waals surface area contributed by atoms with Crippen LogP contribution in [0, 0.1) is 0 Å². The van der Waals surface area contributed by atoms with Crippen LogP contribution in [0.4, 0.5) is 0 Å². The molecule has 1 heterocycles. The van der Waals surface area contributed by atoms with Gasteiger partial charge in [-0.15, -0.1) is 0 Å². The van der Waals surface area contributed by atoms with Crippen LogP contribution in [0.2, 0.25) is 0 Å². The lowest BCUT2D eigenvalue weighted by Crippen LogP contribution is -2.39. The van der Waals surface area contributed by atoms with Crippen LogP contribution in [0.3, 0.4) is 0 Å². The number of sulfone groups is 1. The van der Waals surface area contributed by atoms with Gasteiger partial charge in [0.25, 0.3) is 0 Å². The average molecular weight is 291 g/mol. The Bertz CT molecular complexity index is 346. The van der Waals surface area contributed by atoms with Crippen LogP contribution >= 0.6 is 0 Å². The van der Waals surface area contributed by atoms with E-state index in [1.165, 1.54) is 6.26 Å². The van der Waals surface area contributed by atoms with E-state index in [4.69, 9.17) is 5.73 Å². The van der Waals surface area contributed by atoms with Gasteiger partial charge in [-0.1, -0.05) is 6.92 Å². The summed E-state index contributed by atoms with van der Waals surface area (Å²) in [6, 6.07) is 0.583. The first kappa shape index (κ1) is 16.9. The Morgan fingerprint density at radius 1 is 1.21 bits per heavy atom. The van der Waals surface area contributed by atoms with E-state index in [9.17, 15) is 8.42 Å². The van der Waals surface area contributed by atoms with Gasteiger partial charge in [-0.3, -0.25) is 4.90 Å². The van der Waals surface area contributed by atoms with Crippen LogP contribution in [-0.2, 0) is 9.84 Å². The quantitative estimate of drug-likeness (QED) is 0.724. The molecule has 1 aliphatic heterocycles. The average Bonchev–Trinajstić information content (AvgIpc) is 2.58. The fourth-order valence-electron chi connectivity index (χ4n) is 2.71. The van der Waals surface area contributed by atoms with E-state index in [2.05, 4.69) is 16.7 Å². The van der Waals surface area contributed by atoms with Crippen LogP contribution in [0.15, 0.2) is 0 Å². The van der Waals surface area contributed by atoms with Crippen molar-refractivity contribution in [3.63, 3.8) is 0 Å². The highest BCUT2D eigenvalue weighted by Gasteiger charge is 2.20. The molecule has 0 aromatic carbocycles. The Hall–Kier alpha value is -0.170. The van der Waals surface area contributed by atoms with Crippen LogP contribution in [0.25, 0.3) is 0 Å². The fourth-order valence-corrected chi connectivity index (χ4v) is 3.30. The van der Waals surface area contributed by atoms with Gasteiger partial charge in [0.2, 0.25) is 0 Å². The van der Waals surface area contributed by atoms with Gasteiger partial charge in [0, 0.05) is 31.9 Å². The second-order valence-electron chi connectivity index (χ2n) is 5.50. The lowest BCUT2D eigenvalue weighted by atomic mass is 10.1. The lowest BCUT2D eigenvalue weighted by molar-refractivity contribution is 0.187. The molecular formula is C13H29N3O2S. The maximum Gasteiger partial charge on any atom is 0.148 e. The van der Waals surface area contributed by atoms with Crippen molar-refractivity contribution in [2.45, 2.75) is 32.2 Å². The molecule has 0 saturated carbocycles. The van der Waals surface area contributed by atoms with E-state index in [-0.39, 0.29) is 5.75 Å². The van der Waals surface area contributed by atoms with E-state index < -0.39 is 9.84 Å². The van der Waals surface area contributed by atoms with Crippen molar-refractivity contribution in [3.05, 3.63) is 0 Å². The molecule has 0 aliphatic carbocycles. The summed E-state index contributed by atoms with van der Waals surface area (Å²) < 4.78 is 22.4. The molecule has 19 heavy (non-hydrogen) atoms. The topological polar surface area (TPSA) is 66.6 Å². The minimum atomic E-state index is -2.85. The molecule has 0 spiro atoms. The van der Waals surface area contributed by atoms with Gasteiger partial charge in [0.15, 0.2) is 0 Å². The molecule has 114 valence electrons. The molecule has 0 bridgehead atoms. The zero-order valence-electron chi connectivity index (χ0n) is 12.3. The first-order chi connectivity index (χ1) is 8.96. The highest BCUT2D eigenvalue weighted by Crippen LogP contribution is 2.12. The molecule has 1 rings (SSSR count). The minimum Gasteiger partial charge on any atom is -0.330 e. The third-order valence-corrected chi connectivity index (χ3v) is 4.81. The maximum atomic E-state index is 11.2. The van der Waals surface area contributed by atoms with Crippen molar-refractivity contribution in [3.8, 4) is 0 Å². The molecule has 0 aromatic heterocycles. The third-order valence-electron chi connectivity index (χ3n) is 3.89. The number of nitrogens with zero attached hydrogens (tertiary/aromatic N) is 2. The summed E-state index contributed by atoms with van der Waals surface area (Å²) in [5.41, 5.74) is 5.67. The third kappa shape index (κ3) is 6.70. The zero-order valence-corrected chi connectivity index (χ0v) is 13.2. The molecule has 5 nitrogen and oxygen atoms in total. The Balaban J connectivity index is 2.42. The zero-order chi connectivity index (χ0) is 14.3. The summed E-state index contributed by atoms with van der Waals surface area (Å²) in [6.45, 7) is 7.73. The molecule has 2 N–H and O–H groups in total. The molecule has 0 aromatic rings. The van der Waals surface area contributed by atoms with Crippen molar-refractivity contribution >= 4 is 9.84 Å². The molecule has 6 heteroatoms. The molecule has 1 aliphatic rings. The molecule has 1 atom stereocenters. The number of hydrogen-bond donors (Lipinski definition) is 1. The maximum absolute atomic E-state index is 11.2. The summed E-state index contributed by atoms with van der Waals surface area (Å²) in [4.78, 5) is 4.80. The van der Waals surface area contributed by atoms with E-state index in [0.29, 0.717) is 12.6 Å². The monoisotopic (exact) mass is 291 g/mol. The second-order valence-corrected chi connectivity index (χ2v) is 7.76. The second kappa shape index (κ2) is 8.19. The van der Waals surface area contributed by atoms with Crippen LogP contribution in [-0.4, -0.2) is 75.5 Å². The standard InChI is InChI=1S/C13H29N3O2S/c1-3-13(5-6-14)16-8-4-7-15(9-10-16)11-12-19(2,17)18/h13H,3-12,14H2,1-2H3. The van der Waals surface area contributed by atoms with Crippen molar-refractivity contribution in [1.29, 1.82) is 0 Å². The predicted octanol–water partition coefficient (Wildman–Crippen LogP) is 0.166. The van der Waals surface area contributed by atoms with Gasteiger partial charge in [0.05, 0.1) is 5.75 Å². The summed E-state index contributed by atoms with van der Waals surface area (Å²) in [5.74, 6) is 0.271. The van der Waals surface area contributed by atoms with Gasteiger partial charge in [-0.2, -0.15) is 0 Å². The smallest absolute Gasteiger partial charge is 0.148 e. The highest BCUT2D eigenvalue weighted by molar-refractivity contribution is 7.90. The summed E-state index contributed by atoms with van der Waals surface area (Å²) in [6.07, 6.45) is 4.62. The molecule has 1 fully saturated rings. The first-order valence-electron chi connectivity index (χ1n) is 7.30. The van der Waals surface area contributed by atoms with E-state index in [1.807, 2.05) is 0 Å². The molecule has 1 saturated heterocycles. The largest absolute Gasteiger partial charge is 0.330 e. The normalized spacial score (nSPS) is 21.2. The Kier molecular flexibility index (Phi) is 7.28. The molecule has 0 radical (unpaired) electrons. The van der Waals surface area contributed by atoms with Gasteiger partial charge in [0.1, 0.15) is 9.84 Å². The summed E-state index contributed by atoms with van der Waals surface area (Å²) >= 11 is 0. The van der Waals surface area contributed by atoms with Gasteiger partial charge in [-0.05, 0) is 38.9 Å². The van der Waals surface area contributed by atoms with E-state index in [0.717, 1.165) is 52.0 Å². The van der Waals surface area contributed by atoms with Crippen molar-refractivity contribution < 1.29 is 8.42 Å². The van der Waals surface area contributed by atoms with Crippen LogP contribution < -0.4 is 5.73 Å². The van der Waals surface area contributed by atoms with Crippen LogP contribution in [0.5, 0.6) is 0 Å². The SMILES string of the molecule is CCC(CCN)N1CCCN(CCS(C)(=O)=O)CC1. The highest BCUT2D eigenvalue weighted by atomic mass is 32.2. The minimum absolute atomic E-state index is 0.271. The van der Waals surface area contributed by atoms with Gasteiger partial charge < -0.3 is 10.6 Å². The number of nitrogens with two attached hydrogens (primary N) is 1. The van der Waals surface area contributed by atoms with E-state index >= 15 is 0 Å². The lowest BCUT2D eigenvalue weighted by Gasteiger charge is -2.29. The van der Waals surface area contributed by atoms with Gasteiger partial charge >= 0.3 is 0 Å². The van der Waals surface area contributed by atoms with Crippen molar-refractivity contribution in [2.24, 2.45) is 5.73 Å². The number of rotatable bonds is 7. The molecule has 0 amide bonds. The van der Waals surface area contributed by atoms with Gasteiger partial charge in [-0.25, -0.2) is 8.42 Å². The summed E-state index contributed by atoms with van der Waals surface area (Å²) in [7, 11) is -2.85. The summed E-state index contributed by atoms with van der Waals surface area (Å²) in [5, 5.41) is 0. The van der Waals surface area contributed by atoms with Crippen molar-refractivity contribution in [2.75, 3.05) is 51.3 Å². The predicted molar refractivity (Wildman–Crippen MR) is 80.1 cm³/mol. The molecular weight excluding hydrogens is 262 g/mol. The first-order valence-corrected chi connectivity index (χ1v) is 9.36. The Morgan fingerprint density at radius 3 is 2.53 bits per heavy atom. The van der Waals surface area contributed by atoms with Crippen LogP contribution in [0.1, 0.15) is 26.2 Å².